The first-order chi connectivity index (χ1) is 15.0. The molecule has 4 rings (SSSR count). The Morgan fingerprint density at radius 1 is 0.968 bits per heavy atom. The van der Waals surface area contributed by atoms with E-state index < -0.39 is 10.0 Å². The standard InChI is InChI=1S/C22H21N5O3S/c1-17-24-21(15-22(25-17)30-19-8-3-2-4-9-19)26-11-13-27(14-12-26)31(28,29)20-10-6-5-7-18(20)16-23/h2-10,15H,11-14H2,1H3. The summed E-state index contributed by atoms with van der Waals surface area (Å²) >= 11 is 0. The summed E-state index contributed by atoms with van der Waals surface area (Å²) in [6.45, 7) is 3.31. The minimum atomic E-state index is -3.74. The van der Waals surface area contributed by atoms with Crippen LogP contribution >= 0.6 is 0 Å². The predicted octanol–water partition coefficient (Wildman–Crippen LogP) is 2.96. The highest BCUT2D eigenvalue weighted by atomic mass is 32.2. The molecule has 1 saturated heterocycles. The van der Waals surface area contributed by atoms with Gasteiger partial charge in [0, 0.05) is 32.2 Å². The molecule has 1 fully saturated rings. The molecule has 3 aromatic rings. The van der Waals surface area contributed by atoms with Crippen LogP contribution in [0.1, 0.15) is 11.4 Å². The number of piperazine rings is 1. The van der Waals surface area contributed by atoms with Gasteiger partial charge in [-0.3, -0.25) is 0 Å². The Kier molecular flexibility index (Phi) is 5.84. The molecule has 0 aliphatic carbocycles. The number of benzene rings is 2. The van der Waals surface area contributed by atoms with E-state index in [0.29, 0.717) is 49.5 Å². The second-order valence-corrected chi connectivity index (χ2v) is 8.93. The summed E-state index contributed by atoms with van der Waals surface area (Å²) in [5.41, 5.74) is 0.152. The Labute approximate surface area is 181 Å². The van der Waals surface area contributed by atoms with E-state index in [2.05, 4.69) is 9.97 Å². The molecule has 0 unspecified atom stereocenters. The summed E-state index contributed by atoms with van der Waals surface area (Å²) in [5.74, 6) is 2.37. The molecule has 2 aromatic carbocycles. The van der Waals surface area contributed by atoms with Crippen molar-refractivity contribution in [3.8, 4) is 17.7 Å². The van der Waals surface area contributed by atoms with E-state index in [-0.39, 0.29) is 10.5 Å². The lowest BCUT2D eigenvalue weighted by atomic mass is 10.2. The molecule has 1 aromatic heterocycles. The number of nitrogens with zero attached hydrogens (tertiary/aromatic N) is 5. The number of aryl methyl sites for hydroxylation is 1. The molecule has 0 amide bonds. The molecule has 158 valence electrons. The number of anilines is 1. The maximum atomic E-state index is 13.0. The predicted molar refractivity (Wildman–Crippen MR) is 115 cm³/mol. The molecular weight excluding hydrogens is 414 g/mol. The van der Waals surface area contributed by atoms with Crippen molar-refractivity contribution in [3.63, 3.8) is 0 Å². The molecule has 1 aliphatic heterocycles. The first-order valence-electron chi connectivity index (χ1n) is 9.80. The van der Waals surface area contributed by atoms with E-state index in [1.165, 1.54) is 16.4 Å². The Morgan fingerprint density at radius 3 is 2.35 bits per heavy atom. The Balaban J connectivity index is 1.49. The van der Waals surface area contributed by atoms with Crippen LogP contribution in [0.4, 0.5) is 5.82 Å². The highest BCUT2D eigenvalue weighted by Crippen LogP contribution is 2.26. The molecule has 1 aliphatic rings. The number of sulfonamides is 1. The lowest BCUT2D eigenvalue weighted by Crippen LogP contribution is -2.49. The fourth-order valence-corrected chi connectivity index (χ4v) is 4.99. The quantitative estimate of drug-likeness (QED) is 0.607. The molecule has 2 heterocycles. The largest absolute Gasteiger partial charge is 0.439 e. The average molecular weight is 436 g/mol. The Bertz CT molecular complexity index is 1220. The highest BCUT2D eigenvalue weighted by Gasteiger charge is 2.30. The SMILES string of the molecule is Cc1nc(Oc2ccccc2)cc(N2CCN(S(=O)(=O)c3ccccc3C#N)CC2)n1. The van der Waals surface area contributed by atoms with Gasteiger partial charge in [0.05, 0.1) is 10.5 Å². The third kappa shape index (κ3) is 4.50. The molecular formula is C22H21N5O3S. The minimum Gasteiger partial charge on any atom is -0.439 e. The van der Waals surface area contributed by atoms with Crippen molar-refractivity contribution in [3.05, 3.63) is 72.1 Å². The normalized spacial score (nSPS) is 14.8. The van der Waals surface area contributed by atoms with Gasteiger partial charge in [-0.25, -0.2) is 13.4 Å². The molecule has 0 saturated carbocycles. The van der Waals surface area contributed by atoms with E-state index in [1.807, 2.05) is 41.3 Å². The maximum Gasteiger partial charge on any atom is 0.244 e. The minimum absolute atomic E-state index is 0.0439. The van der Waals surface area contributed by atoms with Gasteiger partial charge in [-0.1, -0.05) is 30.3 Å². The van der Waals surface area contributed by atoms with Crippen molar-refractivity contribution in [2.75, 3.05) is 31.1 Å². The van der Waals surface area contributed by atoms with Gasteiger partial charge in [0.2, 0.25) is 15.9 Å². The van der Waals surface area contributed by atoms with E-state index in [4.69, 9.17) is 4.74 Å². The average Bonchev–Trinajstić information content (AvgIpc) is 2.79. The molecule has 9 heteroatoms. The van der Waals surface area contributed by atoms with Gasteiger partial charge in [0.25, 0.3) is 0 Å². The molecule has 0 N–H and O–H groups in total. The summed E-state index contributed by atoms with van der Waals surface area (Å²) in [6, 6.07) is 19.4. The third-order valence-corrected chi connectivity index (χ3v) is 6.91. The van der Waals surface area contributed by atoms with Crippen LogP contribution in [0.5, 0.6) is 11.6 Å². The van der Waals surface area contributed by atoms with Gasteiger partial charge in [-0.15, -0.1) is 0 Å². The van der Waals surface area contributed by atoms with Crippen LogP contribution in [0, 0.1) is 18.3 Å². The number of hydrogen-bond acceptors (Lipinski definition) is 7. The smallest absolute Gasteiger partial charge is 0.244 e. The van der Waals surface area contributed by atoms with Crippen molar-refractivity contribution in [1.29, 1.82) is 5.26 Å². The maximum absolute atomic E-state index is 13.0. The van der Waals surface area contributed by atoms with Gasteiger partial charge in [0.15, 0.2) is 0 Å². The summed E-state index contributed by atoms with van der Waals surface area (Å²) in [7, 11) is -3.74. The van der Waals surface area contributed by atoms with Crippen molar-refractivity contribution in [2.24, 2.45) is 0 Å². The van der Waals surface area contributed by atoms with Crippen LogP contribution < -0.4 is 9.64 Å². The number of para-hydroxylation sites is 1. The molecule has 0 radical (unpaired) electrons. The summed E-state index contributed by atoms with van der Waals surface area (Å²) in [6.07, 6.45) is 0. The lowest BCUT2D eigenvalue weighted by molar-refractivity contribution is 0.383. The van der Waals surface area contributed by atoms with Crippen molar-refractivity contribution in [2.45, 2.75) is 11.8 Å². The van der Waals surface area contributed by atoms with Gasteiger partial charge in [0.1, 0.15) is 23.5 Å². The zero-order valence-corrected chi connectivity index (χ0v) is 17.8. The Hall–Kier alpha value is -3.48. The first kappa shape index (κ1) is 20.8. The number of nitriles is 1. The van der Waals surface area contributed by atoms with E-state index in [9.17, 15) is 13.7 Å². The van der Waals surface area contributed by atoms with Gasteiger partial charge >= 0.3 is 0 Å². The monoisotopic (exact) mass is 435 g/mol. The summed E-state index contributed by atoms with van der Waals surface area (Å²) in [5, 5.41) is 9.26. The summed E-state index contributed by atoms with van der Waals surface area (Å²) < 4.78 is 33.3. The highest BCUT2D eigenvalue weighted by molar-refractivity contribution is 7.89. The molecule has 0 bridgehead atoms. The van der Waals surface area contributed by atoms with E-state index >= 15 is 0 Å². The van der Waals surface area contributed by atoms with Crippen LogP contribution in [-0.2, 0) is 10.0 Å². The fraction of sp³-hybridized carbons (Fsp3) is 0.227. The van der Waals surface area contributed by atoms with Crippen LogP contribution in [0.2, 0.25) is 0 Å². The summed E-state index contributed by atoms with van der Waals surface area (Å²) in [4.78, 5) is 10.9. The van der Waals surface area contributed by atoms with Gasteiger partial charge in [-0.05, 0) is 31.2 Å². The van der Waals surface area contributed by atoms with E-state index in [1.54, 1.807) is 25.1 Å². The van der Waals surface area contributed by atoms with Crippen LogP contribution in [0.15, 0.2) is 65.6 Å². The number of hydrogen-bond donors (Lipinski definition) is 0. The molecule has 8 nitrogen and oxygen atoms in total. The zero-order valence-electron chi connectivity index (χ0n) is 17.0. The van der Waals surface area contributed by atoms with Crippen molar-refractivity contribution < 1.29 is 13.2 Å². The molecule has 0 spiro atoms. The molecule has 31 heavy (non-hydrogen) atoms. The fourth-order valence-electron chi connectivity index (χ4n) is 3.43. The second kappa shape index (κ2) is 8.71. The lowest BCUT2D eigenvalue weighted by Gasteiger charge is -2.34. The van der Waals surface area contributed by atoms with Crippen LogP contribution in [0.3, 0.4) is 0 Å². The first-order valence-corrected chi connectivity index (χ1v) is 11.2. The number of aromatic nitrogens is 2. The van der Waals surface area contributed by atoms with Gasteiger partial charge in [-0.2, -0.15) is 14.6 Å². The van der Waals surface area contributed by atoms with Crippen molar-refractivity contribution in [1.82, 2.24) is 14.3 Å². The van der Waals surface area contributed by atoms with Crippen molar-refractivity contribution >= 4 is 15.8 Å². The molecule has 0 atom stereocenters. The second-order valence-electron chi connectivity index (χ2n) is 7.03. The van der Waals surface area contributed by atoms with E-state index in [0.717, 1.165) is 0 Å². The van der Waals surface area contributed by atoms with Gasteiger partial charge < -0.3 is 9.64 Å². The zero-order chi connectivity index (χ0) is 21.8. The topological polar surface area (TPSA) is 99.4 Å². The number of ether oxygens (including phenoxy) is 1. The van der Waals surface area contributed by atoms with Crippen LogP contribution in [0.25, 0.3) is 0 Å². The Morgan fingerprint density at radius 2 is 1.65 bits per heavy atom. The third-order valence-electron chi connectivity index (χ3n) is 4.95. The van der Waals surface area contributed by atoms with Crippen LogP contribution in [-0.4, -0.2) is 48.9 Å². The number of rotatable bonds is 5.